The molecule has 25 heavy (non-hydrogen) atoms. The van der Waals surface area contributed by atoms with Crippen LogP contribution in [-0.2, 0) is 17.6 Å². The number of ether oxygens (including phenoxy) is 1. The first-order valence-electron chi connectivity index (χ1n) is 8.05. The second kappa shape index (κ2) is 8.39. The van der Waals surface area contributed by atoms with Crippen molar-refractivity contribution in [3.8, 4) is 5.75 Å². The molecule has 0 aliphatic heterocycles. The first kappa shape index (κ1) is 17.1. The van der Waals surface area contributed by atoms with E-state index in [9.17, 15) is 4.79 Å². The number of rotatable bonds is 7. The van der Waals surface area contributed by atoms with Gasteiger partial charge in [-0.05, 0) is 30.2 Å². The number of benzene rings is 2. The van der Waals surface area contributed by atoms with Crippen LogP contribution in [0.15, 0.2) is 54.6 Å². The molecule has 128 valence electrons. The van der Waals surface area contributed by atoms with E-state index in [1.807, 2.05) is 61.5 Å². The summed E-state index contributed by atoms with van der Waals surface area (Å²) in [7, 11) is 0. The Labute approximate surface area is 150 Å². The van der Waals surface area contributed by atoms with Crippen LogP contribution in [0.1, 0.15) is 16.1 Å². The van der Waals surface area contributed by atoms with Gasteiger partial charge in [0.15, 0.2) is 0 Å². The number of nitrogens with zero attached hydrogens (tertiary/aromatic N) is 2. The fraction of sp³-hybridized carbons (Fsp3) is 0.211. The Hall–Kier alpha value is -2.73. The molecular formula is C19H19N3O2S. The molecule has 0 radical (unpaired) electrons. The molecule has 0 bridgehead atoms. The van der Waals surface area contributed by atoms with Crippen LogP contribution in [0, 0.1) is 6.92 Å². The van der Waals surface area contributed by atoms with Gasteiger partial charge in [0.05, 0.1) is 13.0 Å². The quantitative estimate of drug-likeness (QED) is 0.704. The SMILES string of the molecule is Cc1cccc(OCCc2nnc(NC(=O)Cc3ccccc3)s2)c1. The van der Waals surface area contributed by atoms with Crippen LogP contribution in [0.5, 0.6) is 5.75 Å². The first-order chi connectivity index (χ1) is 12.2. The lowest BCUT2D eigenvalue weighted by Crippen LogP contribution is -2.14. The average molecular weight is 353 g/mol. The van der Waals surface area contributed by atoms with Gasteiger partial charge in [-0.2, -0.15) is 0 Å². The van der Waals surface area contributed by atoms with Crippen LogP contribution in [0.25, 0.3) is 0 Å². The van der Waals surface area contributed by atoms with Gasteiger partial charge < -0.3 is 10.1 Å². The molecule has 1 amide bonds. The van der Waals surface area contributed by atoms with Crippen molar-refractivity contribution in [2.24, 2.45) is 0 Å². The molecular weight excluding hydrogens is 334 g/mol. The molecule has 6 heteroatoms. The maximum atomic E-state index is 12.0. The largest absolute Gasteiger partial charge is 0.493 e. The Kier molecular flexibility index (Phi) is 5.74. The molecule has 3 aromatic rings. The van der Waals surface area contributed by atoms with Crippen LogP contribution in [0.4, 0.5) is 5.13 Å². The predicted octanol–water partition coefficient (Wildman–Crippen LogP) is 3.65. The van der Waals surface area contributed by atoms with Crippen molar-refractivity contribution in [3.05, 3.63) is 70.7 Å². The third kappa shape index (κ3) is 5.39. The molecule has 1 heterocycles. The summed E-state index contributed by atoms with van der Waals surface area (Å²) in [5.41, 5.74) is 2.13. The van der Waals surface area contributed by atoms with Gasteiger partial charge in [-0.3, -0.25) is 4.79 Å². The number of anilines is 1. The van der Waals surface area contributed by atoms with Gasteiger partial charge in [-0.15, -0.1) is 10.2 Å². The zero-order valence-electron chi connectivity index (χ0n) is 13.9. The highest BCUT2D eigenvalue weighted by molar-refractivity contribution is 7.15. The number of carbonyl (C=O) groups is 1. The summed E-state index contributed by atoms with van der Waals surface area (Å²) in [6.45, 7) is 2.55. The van der Waals surface area contributed by atoms with Gasteiger partial charge in [-0.25, -0.2) is 0 Å². The molecule has 0 aliphatic rings. The third-order valence-electron chi connectivity index (χ3n) is 3.49. The lowest BCUT2D eigenvalue weighted by atomic mass is 10.1. The van der Waals surface area contributed by atoms with Crippen molar-refractivity contribution in [3.63, 3.8) is 0 Å². The summed E-state index contributed by atoms with van der Waals surface area (Å²) in [4.78, 5) is 12.0. The zero-order valence-corrected chi connectivity index (χ0v) is 14.8. The highest BCUT2D eigenvalue weighted by Gasteiger charge is 2.09. The van der Waals surface area contributed by atoms with Gasteiger partial charge in [-0.1, -0.05) is 53.8 Å². The van der Waals surface area contributed by atoms with E-state index in [1.54, 1.807) is 0 Å². The third-order valence-corrected chi connectivity index (χ3v) is 4.39. The van der Waals surface area contributed by atoms with Crippen LogP contribution < -0.4 is 10.1 Å². The van der Waals surface area contributed by atoms with E-state index in [0.717, 1.165) is 21.9 Å². The first-order valence-corrected chi connectivity index (χ1v) is 8.86. The molecule has 2 aromatic carbocycles. The highest BCUT2D eigenvalue weighted by atomic mass is 32.1. The number of aryl methyl sites for hydroxylation is 1. The summed E-state index contributed by atoms with van der Waals surface area (Å²) in [5.74, 6) is 0.755. The van der Waals surface area contributed by atoms with Gasteiger partial charge >= 0.3 is 0 Å². The van der Waals surface area contributed by atoms with Crippen molar-refractivity contribution in [2.45, 2.75) is 19.8 Å². The van der Waals surface area contributed by atoms with Crippen LogP contribution in [0.2, 0.25) is 0 Å². The van der Waals surface area contributed by atoms with E-state index in [0.29, 0.717) is 24.6 Å². The Morgan fingerprint density at radius 1 is 1.12 bits per heavy atom. The van der Waals surface area contributed by atoms with Crippen LogP contribution in [-0.4, -0.2) is 22.7 Å². The summed E-state index contributed by atoms with van der Waals surface area (Å²) in [6.07, 6.45) is 0.979. The van der Waals surface area contributed by atoms with Gasteiger partial charge in [0, 0.05) is 6.42 Å². The molecule has 5 nitrogen and oxygen atoms in total. The van der Waals surface area contributed by atoms with Crippen molar-refractivity contribution < 1.29 is 9.53 Å². The highest BCUT2D eigenvalue weighted by Crippen LogP contribution is 2.17. The summed E-state index contributed by atoms with van der Waals surface area (Å²) >= 11 is 1.38. The topological polar surface area (TPSA) is 64.1 Å². The molecule has 0 fully saturated rings. The Bertz CT molecular complexity index is 833. The number of hydrogen-bond donors (Lipinski definition) is 1. The molecule has 1 aromatic heterocycles. The van der Waals surface area contributed by atoms with E-state index in [2.05, 4.69) is 15.5 Å². The van der Waals surface area contributed by atoms with Gasteiger partial charge in [0.2, 0.25) is 11.0 Å². The van der Waals surface area contributed by atoms with E-state index in [1.165, 1.54) is 11.3 Å². The minimum atomic E-state index is -0.0927. The standard InChI is InChI=1S/C19H19N3O2S/c1-14-6-5-9-16(12-14)24-11-10-18-21-22-19(25-18)20-17(23)13-15-7-3-2-4-8-15/h2-9,12H,10-11,13H2,1H3,(H,20,22,23). The molecule has 0 spiro atoms. The fourth-order valence-electron chi connectivity index (χ4n) is 2.31. The van der Waals surface area contributed by atoms with Gasteiger partial charge in [0.1, 0.15) is 10.8 Å². The van der Waals surface area contributed by atoms with Crippen molar-refractivity contribution in [2.75, 3.05) is 11.9 Å². The monoisotopic (exact) mass is 353 g/mol. The van der Waals surface area contributed by atoms with Crippen molar-refractivity contribution >= 4 is 22.4 Å². The number of carbonyl (C=O) groups excluding carboxylic acids is 1. The van der Waals surface area contributed by atoms with Gasteiger partial charge in [0.25, 0.3) is 0 Å². The van der Waals surface area contributed by atoms with E-state index < -0.39 is 0 Å². The molecule has 3 rings (SSSR count). The maximum absolute atomic E-state index is 12.0. The molecule has 0 atom stereocenters. The fourth-order valence-corrected chi connectivity index (χ4v) is 3.05. The van der Waals surface area contributed by atoms with Crippen LogP contribution in [0.3, 0.4) is 0 Å². The molecule has 0 saturated carbocycles. The second-order valence-electron chi connectivity index (χ2n) is 5.63. The van der Waals surface area contributed by atoms with Crippen molar-refractivity contribution in [1.29, 1.82) is 0 Å². The Morgan fingerprint density at radius 2 is 1.96 bits per heavy atom. The minimum Gasteiger partial charge on any atom is -0.493 e. The number of aromatic nitrogens is 2. The van der Waals surface area contributed by atoms with Crippen molar-refractivity contribution in [1.82, 2.24) is 10.2 Å². The lowest BCUT2D eigenvalue weighted by molar-refractivity contribution is -0.115. The minimum absolute atomic E-state index is 0.0927. The predicted molar refractivity (Wildman–Crippen MR) is 99.1 cm³/mol. The summed E-state index contributed by atoms with van der Waals surface area (Å²) in [6, 6.07) is 17.5. The molecule has 1 N–H and O–H groups in total. The molecule has 0 unspecified atom stereocenters. The normalized spacial score (nSPS) is 10.4. The van der Waals surface area contributed by atoms with E-state index >= 15 is 0 Å². The zero-order chi connectivity index (χ0) is 17.5. The summed E-state index contributed by atoms with van der Waals surface area (Å²) < 4.78 is 5.71. The molecule has 0 aliphatic carbocycles. The van der Waals surface area contributed by atoms with Crippen LogP contribution >= 0.6 is 11.3 Å². The Balaban J connectivity index is 1.46. The Morgan fingerprint density at radius 3 is 2.76 bits per heavy atom. The smallest absolute Gasteiger partial charge is 0.230 e. The number of hydrogen-bond acceptors (Lipinski definition) is 5. The second-order valence-corrected chi connectivity index (χ2v) is 6.69. The average Bonchev–Trinajstić information content (AvgIpc) is 3.03. The molecule has 0 saturated heterocycles. The van der Waals surface area contributed by atoms with E-state index in [-0.39, 0.29) is 5.91 Å². The summed E-state index contributed by atoms with van der Waals surface area (Å²) in [5, 5.41) is 12.3. The number of amides is 1. The van der Waals surface area contributed by atoms with E-state index in [4.69, 9.17) is 4.74 Å². The number of nitrogens with one attached hydrogen (secondary N) is 1. The maximum Gasteiger partial charge on any atom is 0.230 e. The lowest BCUT2D eigenvalue weighted by Gasteiger charge is -2.04.